The molecule has 270 valence electrons. The van der Waals surface area contributed by atoms with Gasteiger partial charge in [-0.05, 0) is 42.2 Å². The van der Waals surface area contributed by atoms with Crippen molar-refractivity contribution in [2.45, 2.75) is 37.3 Å². The van der Waals surface area contributed by atoms with Gasteiger partial charge >= 0.3 is 12.6 Å². The lowest BCUT2D eigenvalue weighted by atomic mass is 9.75. The minimum absolute atomic E-state index is 0.287. The monoisotopic (exact) mass is 741 g/mol. The molecule has 52 heavy (non-hydrogen) atoms. The number of hydroxylamine groups is 2. The van der Waals surface area contributed by atoms with Gasteiger partial charge in [-0.2, -0.15) is 5.06 Å². The van der Waals surface area contributed by atoms with Gasteiger partial charge < -0.3 is 14.5 Å². The number of rotatable bonds is 10. The average Bonchev–Trinajstić information content (AvgIpc) is 3.15. The van der Waals surface area contributed by atoms with Crippen LogP contribution in [-0.4, -0.2) is 69.3 Å². The maximum atomic E-state index is 13.5. The molecule has 5 aromatic rings. The molecular formula is C39H41ClN5O6P. The number of piperazine rings is 1. The maximum absolute atomic E-state index is 13.5. The normalized spacial score (nSPS) is 21.4. The highest BCUT2D eigenvalue weighted by Gasteiger charge is 2.47. The van der Waals surface area contributed by atoms with Crippen LogP contribution in [0, 0.1) is 6.92 Å². The van der Waals surface area contributed by atoms with Gasteiger partial charge in [-0.15, -0.1) is 0 Å². The first-order chi connectivity index (χ1) is 25.1. The molecule has 0 bridgehead atoms. The summed E-state index contributed by atoms with van der Waals surface area (Å²) in [6.07, 6.45) is 0.578. The van der Waals surface area contributed by atoms with E-state index in [-0.39, 0.29) is 6.54 Å². The first kappa shape index (κ1) is 36.1. The zero-order valence-corrected chi connectivity index (χ0v) is 30.4. The van der Waals surface area contributed by atoms with E-state index in [1.807, 2.05) is 84.9 Å². The van der Waals surface area contributed by atoms with Crippen LogP contribution in [0.2, 0.25) is 0 Å². The van der Waals surface area contributed by atoms with Gasteiger partial charge in [0.25, 0.3) is 5.56 Å². The third kappa shape index (κ3) is 7.58. The highest BCUT2D eigenvalue weighted by molar-refractivity contribution is 7.80. The number of H-pyrrole nitrogens is 1. The minimum Gasteiger partial charge on any atom is -0.368 e. The predicted molar refractivity (Wildman–Crippen MR) is 201 cm³/mol. The van der Waals surface area contributed by atoms with E-state index < -0.39 is 42.1 Å². The lowest BCUT2D eigenvalue weighted by molar-refractivity contribution is -0.164. The molecule has 0 saturated carbocycles. The summed E-state index contributed by atoms with van der Waals surface area (Å²) in [6.45, 7) is -0.719. The Kier molecular flexibility index (Phi) is 10.6. The van der Waals surface area contributed by atoms with Crippen LogP contribution >= 0.6 is 18.2 Å². The van der Waals surface area contributed by atoms with Crippen molar-refractivity contribution < 1.29 is 18.8 Å². The summed E-state index contributed by atoms with van der Waals surface area (Å²) in [5.41, 5.74) is 2.61. The van der Waals surface area contributed by atoms with E-state index in [0.717, 1.165) is 22.4 Å². The van der Waals surface area contributed by atoms with Crippen LogP contribution in [0.25, 0.3) is 0 Å². The van der Waals surface area contributed by atoms with Crippen LogP contribution in [0.4, 0.5) is 5.69 Å². The molecule has 0 spiro atoms. The number of nitrogens with zero attached hydrogens (tertiary/aromatic N) is 4. The summed E-state index contributed by atoms with van der Waals surface area (Å²) in [4.78, 5) is 43.1. The standard InChI is InChI=1S/C39H41ClN5O6P/c1-29-25-44(38(47)41-37(29)46)36-28-43(39(30-14-6-2-7-15-30,31-16-8-3-9-17-31)32-18-10-4-11-19-32)27-35(50-36)24-34-26-42(33-20-12-5-13-21-33)22-23-45(34)51-52(40,48)49/h2-21,25,34-36H,22-24,26-28H2,1H3,(H,48,49)(H,41,46,47). The summed E-state index contributed by atoms with van der Waals surface area (Å²) in [6, 6.07) is 40.3. The van der Waals surface area contributed by atoms with Crippen molar-refractivity contribution in [1.29, 1.82) is 0 Å². The van der Waals surface area contributed by atoms with Crippen LogP contribution in [-0.2, 0) is 19.5 Å². The number of aromatic amines is 1. The fourth-order valence-corrected chi connectivity index (χ4v) is 8.42. The van der Waals surface area contributed by atoms with Gasteiger partial charge in [-0.25, -0.2) is 14.0 Å². The molecule has 2 saturated heterocycles. The van der Waals surface area contributed by atoms with Crippen molar-refractivity contribution in [2.24, 2.45) is 0 Å². The number of anilines is 1. The largest absolute Gasteiger partial charge is 0.438 e. The van der Waals surface area contributed by atoms with Gasteiger partial charge in [0.1, 0.15) is 0 Å². The van der Waals surface area contributed by atoms with Crippen molar-refractivity contribution >= 4 is 23.9 Å². The molecule has 1 aromatic heterocycles. The molecule has 0 radical (unpaired) electrons. The van der Waals surface area contributed by atoms with E-state index in [2.05, 4.69) is 51.2 Å². The molecule has 0 aliphatic carbocycles. The van der Waals surface area contributed by atoms with Gasteiger partial charge in [0, 0.05) is 61.4 Å². The lowest BCUT2D eigenvalue weighted by Gasteiger charge is -2.51. The molecule has 0 amide bonds. The topological polar surface area (TPSA) is 120 Å². The van der Waals surface area contributed by atoms with E-state index in [4.69, 9.17) is 20.6 Å². The highest BCUT2D eigenvalue weighted by Crippen LogP contribution is 2.50. The number of hydrogen-bond donors (Lipinski definition) is 2. The Balaban J connectivity index is 1.36. The molecule has 2 aliphatic heterocycles. The van der Waals surface area contributed by atoms with E-state index in [1.165, 1.54) is 9.63 Å². The maximum Gasteiger partial charge on any atom is 0.438 e. The van der Waals surface area contributed by atoms with Crippen molar-refractivity contribution in [1.82, 2.24) is 19.5 Å². The summed E-state index contributed by atoms with van der Waals surface area (Å²) in [5.74, 6) is 0. The van der Waals surface area contributed by atoms with Crippen molar-refractivity contribution in [3.63, 3.8) is 0 Å². The zero-order valence-electron chi connectivity index (χ0n) is 28.7. The number of aromatic nitrogens is 2. The lowest BCUT2D eigenvalue weighted by Crippen LogP contribution is -2.59. The number of para-hydroxylation sites is 1. The van der Waals surface area contributed by atoms with Crippen LogP contribution in [0.5, 0.6) is 0 Å². The smallest absolute Gasteiger partial charge is 0.368 e. The number of benzene rings is 4. The Morgan fingerprint density at radius 3 is 1.90 bits per heavy atom. The van der Waals surface area contributed by atoms with E-state index in [9.17, 15) is 19.0 Å². The van der Waals surface area contributed by atoms with Crippen molar-refractivity contribution in [3.05, 3.63) is 171 Å². The molecule has 4 atom stereocenters. The molecule has 4 unspecified atom stereocenters. The van der Waals surface area contributed by atoms with E-state index in [1.54, 1.807) is 13.1 Å². The molecule has 7 rings (SSSR count). The van der Waals surface area contributed by atoms with Crippen LogP contribution in [0.1, 0.15) is 34.9 Å². The SMILES string of the molecule is Cc1cn(C2CN(C(c3ccccc3)(c3ccccc3)c3ccccc3)CC(CC3CN(c4ccccc4)CCN3OP(=O)(O)Cl)O2)c(=O)[nH]c1=O. The predicted octanol–water partition coefficient (Wildman–Crippen LogP) is 5.89. The van der Waals surface area contributed by atoms with E-state index in [0.29, 0.717) is 38.2 Å². The second-order valence-corrected chi connectivity index (χ2v) is 15.6. The molecule has 3 heterocycles. The molecular weight excluding hydrogens is 701 g/mol. The minimum atomic E-state index is -4.40. The fourth-order valence-electron chi connectivity index (χ4n) is 7.70. The number of hydrogen-bond acceptors (Lipinski definition) is 8. The molecule has 13 heteroatoms. The van der Waals surface area contributed by atoms with Crippen LogP contribution < -0.4 is 16.1 Å². The van der Waals surface area contributed by atoms with Crippen molar-refractivity contribution in [3.8, 4) is 0 Å². The van der Waals surface area contributed by atoms with Gasteiger partial charge in [0.2, 0.25) is 0 Å². The van der Waals surface area contributed by atoms with Gasteiger partial charge in [0.15, 0.2) is 6.23 Å². The number of ether oxygens (including phenoxy) is 1. The summed E-state index contributed by atoms with van der Waals surface area (Å²) in [7, 11) is 0. The first-order valence-electron chi connectivity index (χ1n) is 17.3. The second-order valence-electron chi connectivity index (χ2n) is 13.2. The number of aryl methyl sites for hydroxylation is 1. The van der Waals surface area contributed by atoms with Gasteiger partial charge in [-0.3, -0.25) is 19.2 Å². The fraction of sp³-hybridized carbons (Fsp3) is 0.282. The Hall–Kier alpha value is -4.32. The molecule has 11 nitrogen and oxygen atoms in total. The second kappa shape index (κ2) is 15.3. The molecule has 2 N–H and O–H groups in total. The third-order valence-electron chi connectivity index (χ3n) is 9.95. The van der Waals surface area contributed by atoms with Crippen LogP contribution in [0.15, 0.2) is 137 Å². The average molecular weight is 742 g/mol. The molecule has 2 fully saturated rings. The van der Waals surface area contributed by atoms with Crippen LogP contribution in [0.3, 0.4) is 0 Å². The van der Waals surface area contributed by atoms with Gasteiger partial charge in [-0.1, -0.05) is 109 Å². The highest BCUT2D eigenvalue weighted by atomic mass is 35.7. The third-order valence-corrected chi connectivity index (χ3v) is 10.5. The molecule has 2 aliphatic rings. The quantitative estimate of drug-likeness (QED) is 0.133. The Labute approximate surface area is 306 Å². The van der Waals surface area contributed by atoms with Crippen molar-refractivity contribution in [2.75, 3.05) is 37.6 Å². The van der Waals surface area contributed by atoms with E-state index >= 15 is 0 Å². The number of halogens is 1. The number of nitrogens with one attached hydrogen (secondary N) is 1. The first-order valence-corrected chi connectivity index (χ1v) is 19.8. The Morgan fingerprint density at radius 2 is 1.37 bits per heavy atom. The van der Waals surface area contributed by atoms with Gasteiger partial charge in [0.05, 0.1) is 17.7 Å². The number of morpholine rings is 1. The summed E-state index contributed by atoms with van der Waals surface area (Å²) < 4.78 is 26.2. The summed E-state index contributed by atoms with van der Waals surface area (Å²) in [5, 5.41) is 1.50. The Bertz CT molecular complexity index is 2020. The summed E-state index contributed by atoms with van der Waals surface area (Å²) >= 11 is 5.79. The molecule has 4 aromatic carbocycles. The zero-order chi connectivity index (χ0) is 36.3. The Morgan fingerprint density at radius 1 is 0.827 bits per heavy atom.